The van der Waals surface area contributed by atoms with E-state index in [4.69, 9.17) is 5.73 Å². The number of thiazole rings is 1. The quantitative estimate of drug-likeness (QED) is 0.782. The van der Waals surface area contributed by atoms with Gasteiger partial charge in [-0.2, -0.15) is 0 Å². The van der Waals surface area contributed by atoms with Crippen molar-refractivity contribution in [3.63, 3.8) is 0 Å². The molecule has 1 atom stereocenters. The summed E-state index contributed by atoms with van der Waals surface area (Å²) >= 11 is 1.64. The van der Waals surface area contributed by atoms with Gasteiger partial charge in [0.25, 0.3) is 0 Å². The molecule has 2 N–H and O–H groups in total. The molecule has 0 amide bonds. The van der Waals surface area contributed by atoms with Crippen LogP contribution in [0.25, 0.3) is 0 Å². The maximum absolute atomic E-state index is 5.76. The third kappa shape index (κ3) is 2.29. The van der Waals surface area contributed by atoms with Crippen molar-refractivity contribution in [1.29, 1.82) is 0 Å². The average molecular weight is 184 g/mol. The molecular formula is C9H16N2S. The van der Waals surface area contributed by atoms with Gasteiger partial charge in [-0.3, -0.25) is 0 Å². The standard InChI is InChI=1S/C9H16N2S/c1-7(10)4-9(2,3)8-5-12-6-11-8/h5-7H,4,10H2,1-3H3. The Bertz CT molecular complexity index is 227. The Morgan fingerprint density at radius 3 is 2.75 bits per heavy atom. The maximum Gasteiger partial charge on any atom is 0.0794 e. The van der Waals surface area contributed by atoms with Gasteiger partial charge in [-0.15, -0.1) is 11.3 Å². The van der Waals surface area contributed by atoms with E-state index in [1.165, 1.54) is 0 Å². The summed E-state index contributed by atoms with van der Waals surface area (Å²) in [6.45, 7) is 6.41. The SMILES string of the molecule is CC(N)CC(C)(C)c1cscn1. The van der Waals surface area contributed by atoms with Crippen molar-refractivity contribution in [3.8, 4) is 0 Å². The number of aromatic nitrogens is 1. The molecule has 3 heteroatoms. The summed E-state index contributed by atoms with van der Waals surface area (Å²) in [5.41, 5.74) is 8.91. The second kappa shape index (κ2) is 3.54. The molecule has 0 aromatic carbocycles. The minimum Gasteiger partial charge on any atom is -0.328 e. The van der Waals surface area contributed by atoms with Crippen LogP contribution < -0.4 is 5.73 Å². The summed E-state index contributed by atoms with van der Waals surface area (Å²) in [6.07, 6.45) is 0.983. The number of hydrogen-bond donors (Lipinski definition) is 1. The van der Waals surface area contributed by atoms with Gasteiger partial charge in [-0.05, 0) is 13.3 Å². The van der Waals surface area contributed by atoms with Crippen LogP contribution in [-0.4, -0.2) is 11.0 Å². The van der Waals surface area contributed by atoms with Gasteiger partial charge in [0.05, 0.1) is 11.2 Å². The van der Waals surface area contributed by atoms with E-state index in [2.05, 4.69) is 24.2 Å². The molecule has 0 aliphatic heterocycles. The first-order valence-electron chi connectivity index (χ1n) is 4.16. The Labute approximate surface area is 77.8 Å². The van der Waals surface area contributed by atoms with Gasteiger partial charge in [0.1, 0.15) is 0 Å². The zero-order chi connectivity index (χ0) is 9.19. The van der Waals surface area contributed by atoms with Gasteiger partial charge in [-0.1, -0.05) is 13.8 Å². The van der Waals surface area contributed by atoms with Gasteiger partial charge in [0, 0.05) is 16.8 Å². The third-order valence-corrected chi connectivity index (χ3v) is 2.54. The predicted octanol–water partition coefficient (Wildman–Crippen LogP) is 2.16. The van der Waals surface area contributed by atoms with Gasteiger partial charge in [0.15, 0.2) is 0 Å². The molecule has 0 aliphatic carbocycles. The molecule has 0 saturated carbocycles. The number of hydrogen-bond acceptors (Lipinski definition) is 3. The molecule has 0 bridgehead atoms. The van der Waals surface area contributed by atoms with Gasteiger partial charge >= 0.3 is 0 Å². The highest BCUT2D eigenvalue weighted by atomic mass is 32.1. The molecule has 1 rings (SSSR count). The van der Waals surface area contributed by atoms with E-state index in [-0.39, 0.29) is 11.5 Å². The number of nitrogens with two attached hydrogens (primary N) is 1. The zero-order valence-electron chi connectivity index (χ0n) is 7.87. The molecule has 1 aromatic rings. The van der Waals surface area contributed by atoms with Crippen LogP contribution in [0.4, 0.5) is 0 Å². The molecule has 1 aromatic heterocycles. The molecule has 2 nitrogen and oxygen atoms in total. The summed E-state index contributed by atoms with van der Waals surface area (Å²) in [4.78, 5) is 4.30. The highest BCUT2D eigenvalue weighted by molar-refractivity contribution is 7.07. The molecule has 0 aliphatic rings. The third-order valence-electron chi connectivity index (χ3n) is 1.96. The smallest absolute Gasteiger partial charge is 0.0794 e. The fourth-order valence-electron chi connectivity index (χ4n) is 1.46. The van der Waals surface area contributed by atoms with Crippen molar-refractivity contribution in [2.24, 2.45) is 5.73 Å². The highest BCUT2D eigenvalue weighted by Gasteiger charge is 2.23. The fourth-order valence-corrected chi connectivity index (χ4v) is 2.20. The van der Waals surface area contributed by atoms with E-state index in [1.54, 1.807) is 11.3 Å². The van der Waals surface area contributed by atoms with E-state index >= 15 is 0 Å². The highest BCUT2D eigenvalue weighted by Crippen LogP contribution is 2.27. The Morgan fingerprint density at radius 1 is 1.67 bits per heavy atom. The van der Waals surface area contributed by atoms with Crippen molar-refractivity contribution in [1.82, 2.24) is 4.98 Å². The second-order valence-corrected chi connectivity index (χ2v) is 4.66. The molecule has 68 valence electrons. The molecule has 0 radical (unpaired) electrons. The van der Waals surface area contributed by atoms with Crippen LogP contribution in [0, 0.1) is 0 Å². The van der Waals surface area contributed by atoms with Crippen LogP contribution >= 0.6 is 11.3 Å². The van der Waals surface area contributed by atoms with Gasteiger partial charge < -0.3 is 5.73 Å². The van der Waals surface area contributed by atoms with Crippen LogP contribution in [0.2, 0.25) is 0 Å². The maximum atomic E-state index is 5.76. The molecule has 0 saturated heterocycles. The minimum absolute atomic E-state index is 0.119. The Hall–Kier alpha value is -0.410. The van der Waals surface area contributed by atoms with E-state index in [0.29, 0.717) is 0 Å². The summed E-state index contributed by atoms with van der Waals surface area (Å²) in [5.74, 6) is 0. The predicted molar refractivity (Wildman–Crippen MR) is 53.4 cm³/mol. The Morgan fingerprint density at radius 2 is 2.33 bits per heavy atom. The lowest BCUT2D eigenvalue weighted by atomic mass is 9.84. The lowest BCUT2D eigenvalue weighted by Gasteiger charge is -2.24. The van der Waals surface area contributed by atoms with Crippen molar-refractivity contribution < 1.29 is 0 Å². The molecule has 0 spiro atoms. The van der Waals surface area contributed by atoms with Crippen molar-refractivity contribution in [3.05, 3.63) is 16.6 Å². The van der Waals surface area contributed by atoms with Gasteiger partial charge in [-0.25, -0.2) is 4.98 Å². The topological polar surface area (TPSA) is 38.9 Å². The van der Waals surface area contributed by atoms with Crippen molar-refractivity contribution >= 4 is 11.3 Å². The van der Waals surface area contributed by atoms with Gasteiger partial charge in [0.2, 0.25) is 0 Å². The fraction of sp³-hybridized carbons (Fsp3) is 0.667. The summed E-state index contributed by atoms with van der Waals surface area (Å²) in [7, 11) is 0. The van der Waals surface area contributed by atoms with Crippen molar-refractivity contribution in [2.45, 2.75) is 38.6 Å². The molecule has 0 fully saturated rings. The number of rotatable bonds is 3. The molecular weight excluding hydrogens is 168 g/mol. The summed E-state index contributed by atoms with van der Waals surface area (Å²) in [6, 6.07) is 0.238. The van der Waals surface area contributed by atoms with E-state index in [1.807, 2.05) is 12.4 Å². The largest absolute Gasteiger partial charge is 0.328 e. The monoisotopic (exact) mass is 184 g/mol. The summed E-state index contributed by atoms with van der Waals surface area (Å²) in [5, 5.41) is 2.10. The molecule has 1 heterocycles. The number of nitrogens with zero attached hydrogens (tertiary/aromatic N) is 1. The Kier molecular flexibility index (Phi) is 2.85. The van der Waals surface area contributed by atoms with Crippen LogP contribution in [0.15, 0.2) is 10.9 Å². The minimum atomic E-state index is 0.119. The first-order chi connectivity index (χ1) is 5.52. The normalized spacial score (nSPS) is 14.7. The van der Waals surface area contributed by atoms with Crippen molar-refractivity contribution in [2.75, 3.05) is 0 Å². The van der Waals surface area contributed by atoms with Crippen LogP contribution in [0.5, 0.6) is 0 Å². The van der Waals surface area contributed by atoms with Crippen LogP contribution in [0.1, 0.15) is 32.9 Å². The average Bonchev–Trinajstić information content (AvgIpc) is 2.32. The van der Waals surface area contributed by atoms with E-state index < -0.39 is 0 Å². The first kappa shape index (κ1) is 9.68. The first-order valence-corrected chi connectivity index (χ1v) is 5.11. The second-order valence-electron chi connectivity index (χ2n) is 3.94. The van der Waals surface area contributed by atoms with E-state index in [9.17, 15) is 0 Å². The molecule has 1 unspecified atom stereocenters. The molecule has 12 heavy (non-hydrogen) atoms. The van der Waals surface area contributed by atoms with Crippen LogP contribution in [-0.2, 0) is 5.41 Å². The zero-order valence-corrected chi connectivity index (χ0v) is 8.69. The van der Waals surface area contributed by atoms with E-state index in [0.717, 1.165) is 12.1 Å². The van der Waals surface area contributed by atoms with Crippen LogP contribution in [0.3, 0.4) is 0 Å². The summed E-state index contributed by atoms with van der Waals surface area (Å²) < 4.78 is 0. The Balaban J connectivity index is 2.72. The lowest BCUT2D eigenvalue weighted by molar-refractivity contribution is 0.428. The lowest BCUT2D eigenvalue weighted by Crippen LogP contribution is -2.28.